The Morgan fingerprint density at radius 1 is 1.05 bits per heavy atom. The van der Waals surface area contributed by atoms with Crippen molar-refractivity contribution in [1.82, 2.24) is 0 Å². The number of hydrogen-bond donors (Lipinski definition) is 1. The number of fused-ring (bicyclic) bond motifs is 1. The fraction of sp³-hybridized carbons (Fsp3) is 0.235. The van der Waals surface area contributed by atoms with Crippen LogP contribution in [-0.4, -0.2) is 19.1 Å². The van der Waals surface area contributed by atoms with Crippen LogP contribution in [0.1, 0.15) is 12.0 Å². The maximum Gasteiger partial charge on any atom is 0.227 e. The van der Waals surface area contributed by atoms with Crippen LogP contribution in [0.3, 0.4) is 0 Å². The SMILES string of the molecule is Nc1ccccc1OCCN1C(=O)CCc2ccccc21. The van der Waals surface area contributed by atoms with E-state index in [4.69, 9.17) is 10.5 Å². The molecule has 1 amide bonds. The molecule has 4 nitrogen and oxygen atoms in total. The van der Waals surface area contributed by atoms with E-state index in [0.29, 0.717) is 31.0 Å². The summed E-state index contributed by atoms with van der Waals surface area (Å²) in [7, 11) is 0. The molecule has 0 aliphatic carbocycles. The summed E-state index contributed by atoms with van der Waals surface area (Å²) in [6, 6.07) is 15.4. The van der Waals surface area contributed by atoms with Crippen molar-refractivity contribution < 1.29 is 9.53 Å². The average Bonchev–Trinajstić information content (AvgIpc) is 2.51. The molecule has 1 aliphatic rings. The second kappa shape index (κ2) is 5.87. The summed E-state index contributed by atoms with van der Waals surface area (Å²) in [5.74, 6) is 0.813. The quantitative estimate of drug-likeness (QED) is 0.877. The zero-order chi connectivity index (χ0) is 14.7. The Balaban J connectivity index is 1.68. The largest absolute Gasteiger partial charge is 0.490 e. The van der Waals surface area contributed by atoms with E-state index in [-0.39, 0.29) is 5.91 Å². The lowest BCUT2D eigenvalue weighted by Gasteiger charge is -2.29. The molecule has 0 spiro atoms. The first kappa shape index (κ1) is 13.5. The van der Waals surface area contributed by atoms with Gasteiger partial charge < -0.3 is 15.4 Å². The molecule has 21 heavy (non-hydrogen) atoms. The van der Waals surface area contributed by atoms with Gasteiger partial charge in [0.2, 0.25) is 5.91 Å². The van der Waals surface area contributed by atoms with Gasteiger partial charge in [0, 0.05) is 12.1 Å². The maximum absolute atomic E-state index is 12.1. The number of nitrogen functional groups attached to an aromatic ring is 1. The van der Waals surface area contributed by atoms with Crippen LogP contribution in [0.15, 0.2) is 48.5 Å². The lowest BCUT2D eigenvalue weighted by Crippen LogP contribution is -2.38. The molecule has 2 aromatic rings. The number of ether oxygens (including phenoxy) is 1. The normalized spacial score (nSPS) is 13.9. The summed E-state index contributed by atoms with van der Waals surface area (Å²) in [5.41, 5.74) is 8.67. The minimum absolute atomic E-state index is 0.151. The van der Waals surface area contributed by atoms with Gasteiger partial charge in [0.1, 0.15) is 12.4 Å². The maximum atomic E-state index is 12.1. The zero-order valence-corrected chi connectivity index (χ0v) is 11.8. The molecule has 2 aromatic carbocycles. The van der Waals surface area contributed by atoms with Gasteiger partial charge in [0.15, 0.2) is 0 Å². The summed E-state index contributed by atoms with van der Waals surface area (Å²) < 4.78 is 5.68. The molecule has 4 heteroatoms. The van der Waals surface area contributed by atoms with E-state index in [1.165, 1.54) is 5.56 Å². The standard InChI is InChI=1S/C17H18N2O2/c18-14-6-2-4-8-16(14)21-12-11-19-15-7-3-1-5-13(15)9-10-17(19)20/h1-8H,9-12,18H2. The third-order valence-corrected chi connectivity index (χ3v) is 3.68. The van der Waals surface area contributed by atoms with Gasteiger partial charge in [-0.05, 0) is 30.2 Å². The van der Waals surface area contributed by atoms with E-state index in [0.717, 1.165) is 12.1 Å². The van der Waals surface area contributed by atoms with E-state index in [1.54, 1.807) is 11.0 Å². The number of benzene rings is 2. The van der Waals surface area contributed by atoms with Crippen LogP contribution in [0.25, 0.3) is 0 Å². The summed E-state index contributed by atoms with van der Waals surface area (Å²) in [6.45, 7) is 0.957. The minimum atomic E-state index is 0.151. The van der Waals surface area contributed by atoms with Crippen LogP contribution in [-0.2, 0) is 11.2 Å². The van der Waals surface area contributed by atoms with Gasteiger partial charge in [0.05, 0.1) is 12.2 Å². The van der Waals surface area contributed by atoms with Crippen LogP contribution in [0.2, 0.25) is 0 Å². The van der Waals surface area contributed by atoms with Gasteiger partial charge in [-0.15, -0.1) is 0 Å². The van der Waals surface area contributed by atoms with Crippen LogP contribution < -0.4 is 15.4 Å². The highest BCUT2D eigenvalue weighted by molar-refractivity contribution is 5.96. The second-order valence-corrected chi connectivity index (χ2v) is 5.06. The van der Waals surface area contributed by atoms with E-state index in [2.05, 4.69) is 6.07 Å². The minimum Gasteiger partial charge on any atom is -0.490 e. The van der Waals surface area contributed by atoms with Crippen molar-refractivity contribution in [3.8, 4) is 5.75 Å². The summed E-state index contributed by atoms with van der Waals surface area (Å²) in [6.07, 6.45) is 1.38. The fourth-order valence-electron chi connectivity index (χ4n) is 2.60. The number of rotatable bonds is 4. The Morgan fingerprint density at radius 2 is 1.81 bits per heavy atom. The first-order chi connectivity index (χ1) is 10.3. The van der Waals surface area contributed by atoms with E-state index in [1.807, 2.05) is 36.4 Å². The number of nitrogens with two attached hydrogens (primary N) is 1. The van der Waals surface area contributed by atoms with Crippen LogP contribution in [0.5, 0.6) is 5.75 Å². The van der Waals surface area contributed by atoms with Crippen molar-refractivity contribution in [3.05, 3.63) is 54.1 Å². The molecule has 0 bridgehead atoms. The molecule has 0 saturated carbocycles. The molecule has 0 saturated heterocycles. The fourth-order valence-corrected chi connectivity index (χ4v) is 2.60. The molecule has 0 radical (unpaired) electrons. The smallest absolute Gasteiger partial charge is 0.227 e. The van der Waals surface area contributed by atoms with Gasteiger partial charge >= 0.3 is 0 Å². The van der Waals surface area contributed by atoms with Crippen molar-refractivity contribution in [1.29, 1.82) is 0 Å². The van der Waals surface area contributed by atoms with E-state index in [9.17, 15) is 4.79 Å². The molecule has 3 rings (SSSR count). The molecule has 0 atom stereocenters. The molecule has 108 valence electrons. The Labute approximate surface area is 124 Å². The van der Waals surface area contributed by atoms with E-state index < -0.39 is 0 Å². The van der Waals surface area contributed by atoms with Crippen molar-refractivity contribution in [2.75, 3.05) is 23.8 Å². The van der Waals surface area contributed by atoms with Gasteiger partial charge in [-0.2, -0.15) is 0 Å². The molecule has 1 aliphatic heterocycles. The number of aryl methyl sites for hydroxylation is 1. The summed E-state index contributed by atoms with van der Waals surface area (Å²) in [5, 5.41) is 0. The molecular formula is C17H18N2O2. The van der Waals surface area contributed by atoms with Crippen LogP contribution in [0.4, 0.5) is 11.4 Å². The Kier molecular flexibility index (Phi) is 3.77. The molecule has 1 heterocycles. The van der Waals surface area contributed by atoms with Crippen molar-refractivity contribution in [3.63, 3.8) is 0 Å². The predicted molar refractivity (Wildman–Crippen MR) is 83.5 cm³/mol. The molecule has 0 fully saturated rings. The first-order valence-corrected chi connectivity index (χ1v) is 7.11. The number of para-hydroxylation sites is 3. The third kappa shape index (κ3) is 2.84. The van der Waals surface area contributed by atoms with Gasteiger partial charge in [0.25, 0.3) is 0 Å². The monoisotopic (exact) mass is 282 g/mol. The molecule has 0 aromatic heterocycles. The number of carbonyl (C=O) groups excluding carboxylic acids is 1. The Hall–Kier alpha value is -2.49. The predicted octanol–water partition coefficient (Wildman–Crippen LogP) is 2.63. The summed E-state index contributed by atoms with van der Waals surface area (Å²) >= 11 is 0. The topological polar surface area (TPSA) is 55.6 Å². The lowest BCUT2D eigenvalue weighted by molar-refractivity contribution is -0.119. The lowest BCUT2D eigenvalue weighted by atomic mass is 10.0. The molecular weight excluding hydrogens is 264 g/mol. The zero-order valence-electron chi connectivity index (χ0n) is 11.8. The number of carbonyl (C=O) groups is 1. The Bertz CT molecular complexity index is 655. The van der Waals surface area contributed by atoms with Crippen LogP contribution in [0, 0.1) is 0 Å². The average molecular weight is 282 g/mol. The number of anilines is 2. The highest BCUT2D eigenvalue weighted by atomic mass is 16.5. The van der Waals surface area contributed by atoms with Crippen LogP contribution >= 0.6 is 0 Å². The van der Waals surface area contributed by atoms with Gasteiger partial charge in [-0.3, -0.25) is 4.79 Å². The van der Waals surface area contributed by atoms with Crippen molar-refractivity contribution >= 4 is 17.3 Å². The van der Waals surface area contributed by atoms with E-state index >= 15 is 0 Å². The third-order valence-electron chi connectivity index (χ3n) is 3.68. The van der Waals surface area contributed by atoms with Crippen molar-refractivity contribution in [2.45, 2.75) is 12.8 Å². The highest BCUT2D eigenvalue weighted by Gasteiger charge is 2.23. The van der Waals surface area contributed by atoms with Gasteiger partial charge in [-0.25, -0.2) is 0 Å². The second-order valence-electron chi connectivity index (χ2n) is 5.06. The first-order valence-electron chi connectivity index (χ1n) is 7.11. The van der Waals surface area contributed by atoms with Crippen molar-refractivity contribution in [2.24, 2.45) is 0 Å². The molecule has 2 N–H and O–H groups in total. The number of hydrogen-bond acceptors (Lipinski definition) is 3. The highest BCUT2D eigenvalue weighted by Crippen LogP contribution is 2.27. The van der Waals surface area contributed by atoms with Gasteiger partial charge in [-0.1, -0.05) is 30.3 Å². The number of nitrogens with zero attached hydrogens (tertiary/aromatic N) is 1. The number of amides is 1. The molecule has 0 unspecified atom stereocenters. The summed E-state index contributed by atoms with van der Waals surface area (Å²) in [4.78, 5) is 13.9. The Morgan fingerprint density at radius 3 is 2.67 bits per heavy atom.